The van der Waals surface area contributed by atoms with Gasteiger partial charge in [0.2, 0.25) is 0 Å². The van der Waals surface area contributed by atoms with Crippen molar-refractivity contribution in [2.45, 2.75) is 20.4 Å². The van der Waals surface area contributed by atoms with E-state index in [0.717, 1.165) is 39.5 Å². The topological polar surface area (TPSA) is 64.1 Å². The Morgan fingerprint density at radius 3 is 2.70 bits per heavy atom. The van der Waals surface area contributed by atoms with Crippen LogP contribution in [0.2, 0.25) is 0 Å². The van der Waals surface area contributed by atoms with Crippen molar-refractivity contribution in [2.24, 2.45) is 0 Å². The molecule has 0 amide bonds. The number of hydrogen-bond acceptors (Lipinski definition) is 3. The molecule has 2 aromatic carbocycles. The van der Waals surface area contributed by atoms with Gasteiger partial charge < -0.3 is 9.55 Å². The second-order valence-corrected chi connectivity index (χ2v) is 8.56. The summed E-state index contributed by atoms with van der Waals surface area (Å²) < 4.78 is 30.0. The maximum Gasteiger partial charge on any atom is 0.264 e. The van der Waals surface area contributed by atoms with Gasteiger partial charge in [-0.25, -0.2) is 0 Å². The van der Waals surface area contributed by atoms with Crippen LogP contribution >= 0.6 is 0 Å². The Kier molecular flexibility index (Phi) is 4.32. The van der Waals surface area contributed by atoms with E-state index in [-0.39, 0.29) is 6.61 Å². The standard InChI is InChI=1S/C21H22N2O3S/c1-14-7-8-17-15(2)21(18-6-4-5-16-9-10-22-20(16)18)23(19(17)13-14)11-12-26-27(3,24)25/h4-10,13,22H,11-12H2,1-3H3. The second kappa shape index (κ2) is 6.55. The summed E-state index contributed by atoms with van der Waals surface area (Å²) in [7, 11) is -3.47. The Labute approximate surface area is 158 Å². The summed E-state index contributed by atoms with van der Waals surface area (Å²) in [6.45, 7) is 4.73. The van der Waals surface area contributed by atoms with Crippen molar-refractivity contribution in [1.82, 2.24) is 9.55 Å². The first-order valence-corrected chi connectivity index (χ1v) is 10.7. The molecule has 0 saturated heterocycles. The molecule has 2 heterocycles. The minimum absolute atomic E-state index is 0.101. The summed E-state index contributed by atoms with van der Waals surface area (Å²) in [5.74, 6) is 0. The van der Waals surface area contributed by atoms with Crippen molar-refractivity contribution in [3.05, 3.63) is 59.8 Å². The highest BCUT2D eigenvalue weighted by molar-refractivity contribution is 7.85. The van der Waals surface area contributed by atoms with Crippen molar-refractivity contribution in [3.63, 3.8) is 0 Å². The van der Waals surface area contributed by atoms with Crippen molar-refractivity contribution < 1.29 is 12.6 Å². The number of nitrogens with zero attached hydrogens (tertiary/aromatic N) is 1. The Morgan fingerprint density at radius 1 is 1.11 bits per heavy atom. The van der Waals surface area contributed by atoms with Gasteiger partial charge in [-0.15, -0.1) is 0 Å². The van der Waals surface area contributed by atoms with Crippen LogP contribution in [0.25, 0.3) is 33.1 Å². The lowest BCUT2D eigenvalue weighted by Crippen LogP contribution is -2.11. The summed E-state index contributed by atoms with van der Waals surface area (Å²) in [6.07, 6.45) is 3.02. The zero-order valence-electron chi connectivity index (χ0n) is 15.6. The average molecular weight is 382 g/mol. The third kappa shape index (κ3) is 3.26. The molecule has 27 heavy (non-hydrogen) atoms. The van der Waals surface area contributed by atoms with Crippen molar-refractivity contribution in [1.29, 1.82) is 0 Å². The van der Waals surface area contributed by atoms with Gasteiger partial charge in [0.15, 0.2) is 0 Å². The van der Waals surface area contributed by atoms with E-state index >= 15 is 0 Å². The molecule has 4 rings (SSSR count). The molecule has 0 aliphatic carbocycles. The highest BCUT2D eigenvalue weighted by atomic mass is 32.2. The molecular formula is C21H22N2O3S. The quantitative estimate of drug-likeness (QED) is 0.521. The van der Waals surface area contributed by atoms with Crippen LogP contribution in [0.4, 0.5) is 0 Å². The van der Waals surface area contributed by atoms with E-state index in [1.807, 2.05) is 12.3 Å². The Hall–Kier alpha value is -2.57. The van der Waals surface area contributed by atoms with Crippen LogP contribution in [-0.4, -0.2) is 30.8 Å². The van der Waals surface area contributed by atoms with E-state index in [2.05, 4.69) is 59.8 Å². The van der Waals surface area contributed by atoms with Gasteiger partial charge in [-0.05, 0) is 37.1 Å². The average Bonchev–Trinajstić information content (AvgIpc) is 3.17. The number of aryl methyl sites for hydroxylation is 2. The lowest BCUT2D eigenvalue weighted by atomic mass is 10.0. The van der Waals surface area contributed by atoms with E-state index in [0.29, 0.717) is 6.54 Å². The highest BCUT2D eigenvalue weighted by Crippen LogP contribution is 2.36. The van der Waals surface area contributed by atoms with Gasteiger partial charge in [0, 0.05) is 34.6 Å². The van der Waals surface area contributed by atoms with Crippen LogP contribution in [0.1, 0.15) is 11.1 Å². The number of fused-ring (bicyclic) bond motifs is 2. The largest absolute Gasteiger partial charge is 0.361 e. The number of aromatic nitrogens is 2. The van der Waals surface area contributed by atoms with E-state index in [9.17, 15) is 8.42 Å². The lowest BCUT2D eigenvalue weighted by Gasteiger charge is -2.13. The van der Waals surface area contributed by atoms with Gasteiger partial charge in [-0.1, -0.05) is 30.3 Å². The van der Waals surface area contributed by atoms with Crippen LogP contribution in [0.5, 0.6) is 0 Å². The van der Waals surface area contributed by atoms with Crippen molar-refractivity contribution >= 4 is 31.9 Å². The number of para-hydroxylation sites is 1. The van der Waals surface area contributed by atoms with Crippen LogP contribution in [-0.2, 0) is 20.8 Å². The first-order chi connectivity index (χ1) is 12.8. The van der Waals surface area contributed by atoms with Crippen LogP contribution in [0, 0.1) is 13.8 Å². The summed E-state index contributed by atoms with van der Waals surface area (Å²) in [5, 5.41) is 2.31. The molecule has 2 aromatic heterocycles. The number of H-pyrrole nitrogens is 1. The van der Waals surface area contributed by atoms with E-state index < -0.39 is 10.1 Å². The number of hydrogen-bond donors (Lipinski definition) is 1. The maximum atomic E-state index is 11.4. The Balaban J connectivity index is 1.94. The zero-order valence-corrected chi connectivity index (χ0v) is 16.4. The fraction of sp³-hybridized carbons (Fsp3) is 0.238. The van der Waals surface area contributed by atoms with E-state index in [1.54, 1.807) is 0 Å². The molecule has 6 heteroatoms. The Morgan fingerprint density at radius 2 is 1.93 bits per heavy atom. The lowest BCUT2D eigenvalue weighted by molar-refractivity contribution is 0.306. The maximum absolute atomic E-state index is 11.4. The minimum atomic E-state index is -3.47. The molecule has 0 aliphatic rings. The molecule has 0 aliphatic heterocycles. The van der Waals surface area contributed by atoms with E-state index in [4.69, 9.17) is 4.18 Å². The smallest absolute Gasteiger partial charge is 0.264 e. The number of aromatic amines is 1. The molecule has 0 radical (unpaired) electrons. The first kappa shape index (κ1) is 17.8. The highest BCUT2D eigenvalue weighted by Gasteiger charge is 2.18. The molecule has 140 valence electrons. The van der Waals surface area contributed by atoms with Crippen LogP contribution in [0.15, 0.2) is 48.7 Å². The van der Waals surface area contributed by atoms with Gasteiger partial charge in [-0.3, -0.25) is 4.18 Å². The minimum Gasteiger partial charge on any atom is -0.361 e. The normalized spacial score (nSPS) is 12.3. The van der Waals surface area contributed by atoms with Crippen LogP contribution < -0.4 is 0 Å². The SMILES string of the molecule is Cc1ccc2c(C)c(-c3cccc4cc[nH]c34)n(CCOS(C)(=O)=O)c2c1. The summed E-state index contributed by atoms with van der Waals surface area (Å²) in [4.78, 5) is 3.34. The molecule has 0 saturated carbocycles. The third-order valence-electron chi connectivity index (χ3n) is 4.93. The van der Waals surface area contributed by atoms with Crippen LogP contribution in [0.3, 0.4) is 0 Å². The molecule has 4 aromatic rings. The Bertz CT molecular complexity index is 1250. The second-order valence-electron chi connectivity index (χ2n) is 6.92. The van der Waals surface area contributed by atoms with E-state index in [1.165, 1.54) is 10.9 Å². The van der Waals surface area contributed by atoms with Gasteiger partial charge in [0.1, 0.15) is 0 Å². The van der Waals surface area contributed by atoms with Crippen molar-refractivity contribution in [3.8, 4) is 11.3 Å². The third-order valence-corrected chi connectivity index (χ3v) is 5.52. The number of benzene rings is 2. The first-order valence-electron chi connectivity index (χ1n) is 8.85. The molecule has 0 fully saturated rings. The molecule has 0 spiro atoms. The van der Waals surface area contributed by atoms with Gasteiger partial charge in [-0.2, -0.15) is 8.42 Å². The summed E-state index contributed by atoms with van der Waals surface area (Å²) in [6, 6.07) is 14.7. The molecule has 1 N–H and O–H groups in total. The van der Waals surface area contributed by atoms with Gasteiger partial charge in [0.25, 0.3) is 10.1 Å². The monoisotopic (exact) mass is 382 g/mol. The zero-order chi connectivity index (χ0) is 19.2. The predicted octanol–water partition coefficient (Wildman–Crippen LogP) is 4.38. The number of rotatable bonds is 5. The molecular weight excluding hydrogens is 360 g/mol. The summed E-state index contributed by atoms with van der Waals surface area (Å²) >= 11 is 0. The predicted molar refractivity (Wildman–Crippen MR) is 110 cm³/mol. The summed E-state index contributed by atoms with van der Waals surface area (Å²) in [5.41, 5.74) is 6.68. The van der Waals surface area contributed by atoms with Crippen molar-refractivity contribution in [2.75, 3.05) is 12.9 Å². The van der Waals surface area contributed by atoms with Gasteiger partial charge >= 0.3 is 0 Å². The molecule has 5 nitrogen and oxygen atoms in total. The fourth-order valence-electron chi connectivity index (χ4n) is 3.77. The number of nitrogens with one attached hydrogen (secondary N) is 1. The molecule has 0 unspecified atom stereocenters. The van der Waals surface area contributed by atoms with Gasteiger partial charge in [0.05, 0.1) is 24.1 Å². The molecule has 0 bridgehead atoms. The fourth-order valence-corrected chi connectivity index (χ4v) is 4.15. The molecule has 0 atom stereocenters.